The van der Waals surface area contributed by atoms with Crippen molar-refractivity contribution in [2.45, 2.75) is 51.4 Å². The van der Waals surface area contributed by atoms with E-state index in [4.69, 9.17) is 4.98 Å². The summed E-state index contributed by atoms with van der Waals surface area (Å²) in [6.45, 7) is 2.22. The zero-order valence-corrected chi connectivity index (χ0v) is 13.2. The Balaban J connectivity index is 0.000000640. The fourth-order valence-corrected chi connectivity index (χ4v) is 2.41. The molecule has 16 heavy (non-hydrogen) atoms. The van der Waals surface area contributed by atoms with E-state index in [0.717, 1.165) is 12.3 Å². The Morgan fingerprint density at radius 3 is 2.69 bits per heavy atom. The number of nitrogens with zero attached hydrogens (tertiary/aromatic N) is 1. The number of hydrogen-bond acceptors (Lipinski definition) is 1. The zero-order valence-electron chi connectivity index (χ0n) is 10.3. The molecule has 2 aliphatic rings. The average Bonchev–Trinajstić information content (AvgIpc) is 2.95. The van der Waals surface area contributed by atoms with E-state index in [0.29, 0.717) is 0 Å². The van der Waals surface area contributed by atoms with Gasteiger partial charge in [-0.15, -0.1) is 11.1 Å². The topological polar surface area (TPSA) is 12.9 Å². The maximum Gasteiger partial charge on any atom is 0 e. The number of hydrogen-bond donors (Lipinski definition) is 0. The van der Waals surface area contributed by atoms with Crippen LogP contribution in [-0.2, 0) is 52.0 Å². The van der Waals surface area contributed by atoms with Crippen molar-refractivity contribution in [1.29, 1.82) is 0 Å². The molecule has 85 valence electrons. The molecule has 0 aliphatic heterocycles. The average molecular weight is 290 g/mol. The van der Waals surface area contributed by atoms with Crippen LogP contribution in [0.3, 0.4) is 0 Å². The Morgan fingerprint density at radius 2 is 2.06 bits per heavy atom. The molecular formula is C14H19NY-2. The summed E-state index contributed by atoms with van der Waals surface area (Å²) < 4.78 is 0. The Bertz CT molecular complexity index is 369. The first-order valence-corrected chi connectivity index (χ1v) is 5.82. The van der Waals surface area contributed by atoms with Crippen LogP contribution in [-0.4, -0.2) is 4.98 Å². The molecule has 1 radical (unpaired) electrons. The summed E-state index contributed by atoms with van der Waals surface area (Å²) in [5, 5.41) is 0. The minimum absolute atomic E-state index is 0. The fourth-order valence-electron chi connectivity index (χ4n) is 2.41. The van der Waals surface area contributed by atoms with E-state index in [2.05, 4.69) is 13.0 Å². The monoisotopic (exact) mass is 290 g/mol. The van der Waals surface area contributed by atoms with Gasteiger partial charge in [-0.25, -0.2) is 0 Å². The van der Waals surface area contributed by atoms with Gasteiger partial charge in [0.15, 0.2) is 0 Å². The third kappa shape index (κ3) is 2.56. The molecule has 0 aromatic carbocycles. The molecule has 3 rings (SSSR count). The Morgan fingerprint density at radius 1 is 1.31 bits per heavy atom. The molecule has 0 spiro atoms. The summed E-state index contributed by atoms with van der Waals surface area (Å²) in [5.41, 5.74) is 5.54. The summed E-state index contributed by atoms with van der Waals surface area (Å²) in [4.78, 5) is 4.85. The van der Waals surface area contributed by atoms with Crippen molar-refractivity contribution in [3.05, 3.63) is 36.0 Å². The van der Waals surface area contributed by atoms with Crippen molar-refractivity contribution in [3.63, 3.8) is 0 Å². The third-order valence-corrected chi connectivity index (χ3v) is 3.37. The normalized spacial score (nSPS) is 17.3. The first-order chi connectivity index (χ1) is 6.88. The van der Waals surface area contributed by atoms with Gasteiger partial charge in [-0.3, -0.25) is 0 Å². The maximum absolute atomic E-state index is 4.85. The second kappa shape index (κ2) is 5.73. The second-order valence-corrected chi connectivity index (χ2v) is 4.51. The summed E-state index contributed by atoms with van der Waals surface area (Å²) in [6, 6.07) is 3.60. The molecule has 0 amide bonds. The largest absolute Gasteiger partial charge is 0.383 e. The Labute approximate surface area is 124 Å². The summed E-state index contributed by atoms with van der Waals surface area (Å²) in [7, 11) is 0. The van der Waals surface area contributed by atoms with Gasteiger partial charge < -0.3 is 12.4 Å². The van der Waals surface area contributed by atoms with Gasteiger partial charge in [0.1, 0.15) is 0 Å². The molecule has 1 saturated carbocycles. The van der Waals surface area contributed by atoms with E-state index >= 15 is 0 Å². The van der Waals surface area contributed by atoms with Crippen molar-refractivity contribution in [2.75, 3.05) is 0 Å². The van der Waals surface area contributed by atoms with Crippen molar-refractivity contribution < 1.29 is 32.7 Å². The van der Waals surface area contributed by atoms with Crippen molar-refractivity contribution in [1.82, 2.24) is 4.98 Å². The van der Waals surface area contributed by atoms with Gasteiger partial charge >= 0.3 is 0 Å². The van der Waals surface area contributed by atoms with E-state index < -0.39 is 0 Å². The van der Waals surface area contributed by atoms with E-state index in [9.17, 15) is 0 Å². The minimum atomic E-state index is 0. The third-order valence-electron chi connectivity index (χ3n) is 3.37. The molecule has 1 aromatic rings. The van der Waals surface area contributed by atoms with Gasteiger partial charge in [0.2, 0.25) is 0 Å². The zero-order chi connectivity index (χ0) is 9.54. The predicted octanol–water partition coefficient (Wildman–Crippen LogP) is 3.26. The van der Waals surface area contributed by atoms with Crippen LogP contribution in [0.4, 0.5) is 0 Å². The summed E-state index contributed by atoms with van der Waals surface area (Å²) >= 11 is 0. The molecule has 0 bridgehead atoms. The van der Waals surface area contributed by atoms with Gasteiger partial charge in [-0.05, 0) is 12.3 Å². The van der Waals surface area contributed by atoms with Crippen LogP contribution in [0.2, 0.25) is 0 Å². The van der Waals surface area contributed by atoms with E-state index in [-0.39, 0.29) is 40.1 Å². The first-order valence-electron chi connectivity index (χ1n) is 5.82. The summed E-state index contributed by atoms with van der Waals surface area (Å²) in [6.07, 6.45) is 7.50. The second-order valence-electron chi connectivity index (χ2n) is 4.51. The van der Waals surface area contributed by atoms with E-state index in [1.807, 2.05) is 0 Å². The minimum Gasteiger partial charge on any atom is -0.383 e. The number of aromatic nitrogens is 1. The van der Waals surface area contributed by atoms with Gasteiger partial charge in [-0.1, -0.05) is 50.4 Å². The van der Waals surface area contributed by atoms with Gasteiger partial charge in [0.25, 0.3) is 0 Å². The van der Waals surface area contributed by atoms with Crippen LogP contribution in [0, 0.1) is 13.5 Å². The summed E-state index contributed by atoms with van der Waals surface area (Å²) in [5.74, 6) is 0.784. The maximum atomic E-state index is 4.85. The van der Waals surface area contributed by atoms with Crippen molar-refractivity contribution in [3.8, 4) is 0 Å². The quantitative estimate of drug-likeness (QED) is 0.762. The number of aryl methyl sites for hydroxylation is 3. The molecule has 2 heteroatoms. The molecular weight excluding hydrogens is 271 g/mol. The van der Waals surface area contributed by atoms with Crippen molar-refractivity contribution >= 4 is 0 Å². The molecule has 1 aromatic heterocycles. The first kappa shape index (κ1) is 14.3. The van der Waals surface area contributed by atoms with E-state index in [1.54, 1.807) is 0 Å². The van der Waals surface area contributed by atoms with Crippen LogP contribution in [0.15, 0.2) is 0 Å². The van der Waals surface area contributed by atoms with Crippen LogP contribution < -0.4 is 0 Å². The van der Waals surface area contributed by atoms with E-state index in [1.165, 1.54) is 54.6 Å². The number of pyridine rings is 1. The number of rotatable bonds is 2. The Hall–Kier alpha value is 0.254. The van der Waals surface area contributed by atoms with Gasteiger partial charge in [-0.2, -0.15) is 6.07 Å². The number of fused-ring (bicyclic) bond motifs is 1. The molecule has 0 N–H and O–H groups in total. The van der Waals surface area contributed by atoms with Gasteiger partial charge in [0.05, 0.1) is 0 Å². The molecule has 1 nitrogen and oxygen atoms in total. The van der Waals surface area contributed by atoms with Crippen LogP contribution >= 0.6 is 0 Å². The van der Waals surface area contributed by atoms with Crippen LogP contribution in [0.5, 0.6) is 0 Å². The van der Waals surface area contributed by atoms with Crippen molar-refractivity contribution in [2.24, 2.45) is 0 Å². The van der Waals surface area contributed by atoms with Crippen LogP contribution in [0.25, 0.3) is 0 Å². The molecule has 0 unspecified atom stereocenters. The SMILES string of the molecule is CCc1[c-]c2c(nc1C1CC1)CCC2.[CH3-].[Y]. The van der Waals surface area contributed by atoms with Gasteiger partial charge in [0, 0.05) is 32.7 Å². The smallest absolute Gasteiger partial charge is 0 e. The Kier molecular flexibility index (Phi) is 5.13. The molecule has 0 saturated heterocycles. The molecule has 1 fully saturated rings. The molecule has 0 atom stereocenters. The standard InChI is InChI=1S/C13H16N.CH3.Y/c1-2-9-8-11-4-3-5-12(11)14-13(9)10-6-7-10;;/h10H,2-7H2,1H3;1H3;/q2*-1;. The predicted molar refractivity (Wildman–Crippen MR) is 62.9 cm³/mol. The fraction of sp³-hybridized carbons (Fsp3) is 0.571. The van der Waals surface area contributed by atoms with Crippen LogP contribution in [0.1, 0.15) is 54.6 Å². The molecule has 2 aliphatic carbocycles. The molecule has 1 heterocycles.